The molecule has 0 atom stereocenters. The normalized spacial score (nSPS) is 30.1. The minimum atomic E-state index is -4.07. The van der Waals surface area contributed by atoms with Crippen LogP contribution in [0.1, 0.15) is 111 Å². The van der Waals surface area contributed by atoms with Crippen LogP contribution in [0.4, 0.5) is 0 Å². The van der Waals surface area contributed by atoms with Crippen LogP contribution in [-0.2, 0) is 12.7 Å². The van der Waals surface area contributed by atoms with Gasteiger partial charge < -0.3 is 0 Å². The van der Waals surface area contributed by atoms with Crippen molar-refractivity contribution < 1.29 is 35.6 Å². The molecule has 0 fully saturated rings. The van der Waals surface area contributed by atoms with Gasteiger partial charge in [0.05, 0.1) is 0 Å². The van der Waals surface area contributed by atoms with Gasteiger partial charge in [0, 0.05) is 64.5 Å². The van der Waals surface area contributed by atoms with E-state index in [0.29, 0.717) is 19.2 Å². The molecule has 4 heteroatoms. The van der Waals surface area contributed by atoms with E-state index in [1.54, 1.807) is 12.1 Å². The molecule has 0 radical (unpaired) electrons. The zero-order valence-electron chi connectivity index (χ0n) is 41.1. The van der Waals surface area contributed by atoms with Gasteiger partial charge in [-0.1, -0.05) is 51.9 Å². The van der Waals surface area contributed by atoms with Crippen molar-refractivity contribution in [3.05, 3.63) is 46.2 Å². The number of hydrogen-bond acceptors (Lipinski definition) is 4. The Bertz CT molecular complexity index is 1890. The molecule has 0 aromatic carbocycles. The average molecular weight is 499 g/mol. The molecule has 160 valence electrons. The molecular formula is C26H32S4. The summed E-state index contributed by atoms with van der Waals surface area (Å²) >= 11 is 3.90. The third-order valence-electron chi connectivity index (χ3n) is 3.75. The van der Waals surface area contributed by atoms with Crippen molar-refractivity contribution in [3.63, 3.8) is 0 Å². The van der Waals surface area contributed by atoms with Crippen molar-refractivity contribution in [2.45, 2.75) is 77.4 Å². The van der Waals surface area contributed by atoms with Crippen LogP contribution in [0.3, 0.4) is 0 Å². The highest BCUT2D eigenvalue weighted by Gasteiger charge is 2.15. The SMILES string of the molecule is [2H]C([2H])([2H])C([2H])([2H])C([2H])([2H])C([2H])([2H])C([2H])([2H])C([2H])([2H])c1ccsc1-c1cc2sc(-c3sccc3C([2H])([2H])C([2H])([2H])C([2H])([2H])C([2H])([2H])C([2H])([2H])C([2H])([2H])[2H])cc2s1. The van der Waals surface area contributed by atoms with Gasteiger partial charge in [-0.25, -0.2) is 0 Å². The number of aryl methyl sites for hydroxylation is 2. The molecule has 4 aromatic heterocycles. The molecule has 0 aliphatic heterocycles. The lowest BCUT2D eigenvalue weighted by molar-refractivity contribution is 0.668. The zero-order valence-corrected chi connectivity index (χ0v) is 18.4. The van der Waals surface area contributed by atoms with Gasteiger partial charge in [0.1, 0.15) is 0 Å². The predicted molar refractivity (Wildman–Crippen MR) is 142 cm³/mol. The van der Waals surface area contributed by atoms with Crippen LogP contribution in [0.2, 0.25) is 0 Å². The van der Waals surface area contributed by atoms with Crippen molar-refractivity contribution in [1.82, 2.24) is 0 Å². The molecule has 30 heavy (non-hydrogen) atoms. The maximum absolute atomic E-state index is 8.75. The molecule has 0 saturated heterocycles. The fourth-order valence-corrected chi connectivity index (χ4v) is 6.94. The molecule has 0 amide bonds. The Morgan fingerprint density at radius 2 is 1.20 bits per heavy atom. The Morgan fingerprint density at radius 3 is 1.67 bits per heavy atom. The van der Waals surface area contributed by atoms with Gasteiger partial charge >= 0.3 is 0 Å². The van der Waals surface area contributed by atoms with Crippen LogP contribution in [0.15, 0.2) is 35.0 Å². The highest BCUT2D eigenvalue weighted by molar-refractivity contribution is 7.33. The second-order valence-corrected chi connectivity index (χ2v) is 9.53. The van der Waals surface area contributed by atoms with E-state index >= 15 is 0 Å². The van der Waals surface area contributed by atoms with Crippen LogP contribution in [0.5, 0.6) is 0 Å². The van der Waals surface area contributed by atoms with E-state index in [-0.39, 0.29) is 9.75 Å². The third-order valence-corrected chi connectivity index (χ3v) is 8.24. The molecular weight excluding hydrogens is 441 g/mol. The summed E-state index contributed by atoms with van der Waals surface area (Å²) < 4.78 is 212. The van der Waals surface area contributed by atoms with Crippen molar-refractivity contribution in [1.29, 1.82) is 0 Å². The number of hydrogen-bond donors (Lipinski definition) is 0. The lowest BCUT2D eigenvalue weighted by Crippen LogP contribution is -1.85. The van der Waals surface area contributed by atoms with Crippen LogP contribution in [0, 0.1) is 0 Å². The number of thiophene rings is 4. The van der Waals surface area contributed by atoms with E-state index in [4.69, 9.17) is 35.6 Å². The summed E-state index contributed by atoms with van der Waals surface area (Å²) in [4.78, 5) is 0.805. The molecule has 0 bridgehead atoms. The Kier molecular flexibility index (Phi) is 2.51. The van der Waals surface area contributed by atoms with E-state index in [1.165, 1.54) is 10.8 Å². The van der Waals surface area contributed by atoms with Crippen molar-refractivity contribution in [2.75, 3.05) is 0 Å². The maximum Gasteiger partial charge on any atom is 0.0475 e. The van der Waals surface area contributed by atoms with Crippen LogP contribution < -0.4 is 0 Å². The molecule has 0 spiro atoms. The second-order valence-electron chi connectivity index (χ2n) is 5.53. The smallest absolute Gasteiger partial charge is 0.0475 e. The third kappa shape index (κ3) is 5.27. The fraction of sp³-hybridized carbons (Fsp3) is 0.462. The summed E-state index contributed by atoms with van der Waals surface area (Å²) in [5.74, 6) is 0. The van der Waals surface area contributed by atoms with Gasteiger partial charge in [0.15, 0.2) is 0 Å². The highest BCUT2D eigenvalue weighted by Crippen LogP contribution is 2.45. The molecule has 4 rings (SSSR count). The van der Waals surface area contributed by atoms with E-state index in [0.717, 1.165) is 57.5 Å². The van der Waals surface area contributed by atoms with Crippen LogP contribution in [-0.4, -0.2) is 0 Å². The minimum Gasteiger partial charge on any atom is -0.143 e. The van der Waals surface area contributed by atoms with Gasteiger partial charge in [0.2, 0.25) is 0 Å². The van der Waals surface area contributed by atoms with Crippen molar-refractivity contribution in [3.8, 4) is 19.5 Å². The van der Waals surface area contributed by atoms with Gasteiger partial charge in [-0.3, -0.25) is 0 Å². The second kappa shape index (κ2) is 11.1. The molecule has 0 aliphatic rings. The molecule has 0 N–H and O–H groups in total. The van der Waals surface area contributed by atoms with Gasteiger partial charge in [-0.15, -0.1) is 45.3 Å². The first kappa shape index (κ1) is 6.79. The average Bonchev–Trinajstić information content (AvgIpc) is 3.82. The van der Waals surface area contributed by atoms with E-state index in [2.05, 4.69) is 0 Å². The monoisotopic (exact) mass is 498 g/mol. The van der Waals surface area contributed by atoms with Crippen molar-refractivity contribution in [2.24, 2.45) is 0 Å². The lowest BCUT2D eigenvalue weighted by Gasteiger charge is -2.02. The summed E-state index contributed by atoms with van der Waals surface area (Å²) in [5, 5.41) is 2.73. The van der Waals surface area contributed by atoms with Crippen LogP contribution >= 0.6 is 45.3 Å². The first-order valence-corrected chi connectivity index (χ1v) is 11.7. The van der Waals surface area contributed by atoms with Gasteiger partial charge in [-0.05, 0) is 71.6 Å². The topological polar surface area (TPSA) is 0 Å². The predicted octanol–water partition coefficient (Wildman–Crippen LogP) is 10.7. The highest BCUT2D eigenvalue weighted by atomic mass is 32.1. The summed E-state index contributed by atoms with van der Waals surface area (Å²) in [6.45, 7) is -7.50. The molecule has 4 aromatic rings. The maximum atomic E-state index is 8.75. The Labute approximate surface area is 234 Å². The lowest BCUT2D eigenvalue weighted by atomic mass is 10.1. The Hall–Kier alpha value is -0.940. The Morgan fingerprint density at radius 1 is 0.700 bits per heavy atom. The van der Waals surface area contributed by atoms with Crippen LogP contribution in [0.25, 0.3) is 28.9 Å². The summed E-state index contributed by atoms with van der Waals surface area (Å²) in [7, 11) is 0. The summed E-state index contributed by atoms with van der Waals surface area (Å²) in [6, 6.07) is 5.36. The quantitative estimate of drug-likeness (QED) is 0.182. The first-order chi connectivity index (χ1) is 24.6. The summed E-state index contributed by atoms with van der Waals surface area (Å²) in [6.07, 6.45) is -38.7. The van der Waals surface area contributed by atoms with Gasteiger partial charge in [0.25, 0.3) is 0 Å². The molecule has 4 heterocycles. The first-order valence-electron chi connectivity index (χ1n) is 21.3. The molecule has 0 unspecified atom stereocenters. The molecule has 0 nitrogen and oxygen atoms in total. The largest absolute Gasteiger partial charge is 0.143 e. The molecule has 0 aliphatic carbocycles. The minimum absolute atomic E-state index is 0.0822. The van der Waals surface area contributed by atoms with E-state index in [9.17, 15) is 0 Å². The van der Waals surface area contributed by atoms with Crippen molar-refractivity contribution >= 4 is 54.7 Å². The van der Waals surface area contributed by atoms with Gasteiger partial charge in [-0.2, -0.15) is 0 Å². The molecule has 0 saturated carbocycles. The Balaban J connectivity index is 1.75. The van der Waals surface area contributed by atoms with E-state index < -0.39 is 88.6 Å². The number of fused-ring (bicyclic) bond motifs is 1. The number of rotatable bonds is 12. The zero-order chi connectivity index (χ0) is 43.7. The summed E-state index contributed by atoms with van der Waals surface area (Å²) in [5.41, 5.74) is -0.882. The van der Waals surface area contributed by atoms with E-state index in [1.807, 2.05) is 0 Å². The fourth-order valence-electron chi connectivity index (χ4n) is 2.58. The standard InChI is InChI=1S/C26H32S4/c1-3-5-7-9-11-19-13-15-27-25(19)23-17-21-22(29-23)18-24(30-21)26-20(14-16-28-26)12-10-8-6-4-2/h13-18H,3-12H2,1-2H3/i1D3,2D3,3D2,4D2,5D2,6D2,7D2,8D2,9D2,10D2,11D2,12D2.